The van der Waals surface area contributed by atoms with Crippen LogP contribution in [0.25, 0.3) is 0 Å². The van der Waals surface area contributed by atoms with E-state index in [1.165, 1.54) is 218 Å². The molecule has 2 amide bonds. The third-order valence-electron chi connectivity index (χ3n) is 15.1. The van der Waals surface area contributed by atoms with Crippen LogP contribution < -0.4 is 34.9 Å². The fourth-order valence-electron chi connectivity index (χ4n) is 10.0. The van der Waals surface area contributed by atoms with Gasteiger partial charge in [-0.3, -0.25) is 9.59 Å². The molecule has 0 radical (unpaired) electrons. The van der Waals surface area contributed by atoms with Crippen molar-refractivity contribution in [2.45, 2.75) is 297 Å². The topological polar surface area (TPSA) is 107 Å². The average molecular weight is 1080 g/mol. The molecule has 9 heteroatoms. The first-order valence-electron chi connectivity index (χ1n) is 33.1. The summed E-state index contributed by atoms with van der Waals surface area (Å²) in [6.45, 7) is 14.4. The molecule has 77 heavy (non-hydrogen) atoms. The summed E-state index contributed by atoms with van der Waals surface area (Å²) in [7, 11) is 0. The second kappa shape index (κ2) is 53.2. The number of rotatable bonds is 58. The van der Waals surface area contributed by atoms with Crippen molar-refractivity contribution in [2.24, 2.45) is 0 Å². The van der Waals surface area contributed by atoms with Gasteiger partial charge in [0.1, 0.15) is 0 Å². The summed E-state index contributed by atoms with van der Waals surface area (Å²) in [6.07, 6.45) is 53.0. The quantitative estimate of drug-likeness (QED) is 0.0567. The van der Waals surface area contributed by atoms with Crippen LogP contribution in [0, 0.1) is 0 Å². The van der Waals surface area contributed by atoms with Gasteiger partial charge in [0.25, 0.3) is 11.8 Å². The molecule has 0 spiro atoms. The van der Waals surface area contributed by atoms with E-state index in [1.54, 1.807) is 0 Å². The summed E-state index contributed by atoms with van der Waals surface area (Å²) in [5, 5.41) is 9.68. The second-order valence-corrected chi connectivity index (χ2v) is 22.4. The minimum absolute atomic E-state index is 0.0983. The Morgan fingerprint density at radius 3 is 0.779 bits per heavy atom. The van der Waals surface area contributed by atoms with Crippen LogP contribution in [0.3, 0.4) is 0 Å². The number of ether oxygens (including phenoxy) is 4. The van der Waals surface area contributed by atoms with Crippen LogP contribution >= 0.6 is 0 Å². The van der Waals surface area contributed by atoms with Gasteiger partial charge in [0, 0.05) is 24.2 Å². The van der Waals surface area contributed by atoms with Crippen molar-refractivity contribution in [3.8, 4) is 23.0 Å². The normalized spacial score (nSPS) is 11.3. The lowest BCUT2D eigenvalue weighted by Gasteiger charge is -2.15. The molecule has 0 atom stereocenters. The van der Waals surface area contributed by atoms with Crippen molar-refractivity contribution in [2.75, 3.05) is 52.6 Å². The summed E-state index contributed by atoms with van der Waals surface area (Å²) in [5.74, 6) is 2.61. The van der Waals surface area contributed by atoms with Crippen molar-refractivity contribution in [1.29, 1.82) is 0 Å². The molecule has 444 valence electrons. The predicted octanol–water partition coefficient (Wildman–Crippen LogP) is 19.4. The van der Waals surface area contributed by atoms with Crippen molar-refractivity contribution >= 4 is 11.8 Å². The van der Waals surface area contributed by atoms with Crippen molar-refractivity contribution in [3.63, 3.8) is 0 Å². The monoisotopic (exact) mass is 1080 g/mol. The van der Waals surface area contributed by atoms with Gasteiger partial charge < -0.3 is 34.9 Å². The van der Waals surface area contributed by atoms with Crippen LogP contribution in [0.5, 0.6) is 23.0 Å². The lowest BCUT2D eigenvalue weighted by atomic mass is 10.1. The van der Waals surface area contributed by atoms with Crippen LogP contribution in [0.15, 0.2) is 36.4 Å². The van der Waals surface area contributed by atoms with E-state index in [4.69, 9.17) is 18.9 Å². The number of nitrogens with one attached hydrogen (secondary N) is 3. The van der Waals surface area contributed by atoms with E-state index in [2.05, 4.69) is 43.6 Å². The van der Waals surface area contributed by atoms with Gasteiger partial charge in [0.15, 0.2) is 23.0 Å². The minimum atomic E-state index is -0.0983. The van der Waals surface area contributed by atoms with Crippen molar-refractivity contribution < 1.29 is 28.5 Å². The Morgan fingerprint density at radius 1 is 0.286 bits per heavy atom. The number of hydrogen-bond acceptors (Lipinski definition) is 7. The van der Waals surface area contributed by atoms with Crippen LogP contribution in [0.1, 0.15) is 318 Å². The van der Waals surface area contributed by atoms with Crippen LogP contribution in [-0.4, -0.2) is 64.4 Å². The van der Waals surface area contributed by atoms with E-state index in [0.717, 1.165) is 76.0 Å². The Hall–Kier alpha value is -3.46. The van der Waals surface area contributed by atoms with Crippen molar-refractivity contribution in [3.05, 3.63) is 47.5 Å². The zero-order valence-electron chi connectivity index (χ0n) is 50.8. The highest BCUT2D eigenvalue weighted by Crippen LogP contribution is 2.31. The fraction of sp³-hybridized carbons (Fsp3) is 0.794. The summed E-state index contributed by atoms with van der Waals surface area (Å²) in [5.41, 5.74) is 1.19. The molecule has 9 nitrogen and oxygen atoms in total. The Balaban J connectivity index is 1.77. The Morgan fingerprint density at radius 2 is 0.519 bits per heavy atom. The minimum Gasteiger partial charge on any atom is -0.490 e. The SMILES string of the molecule is CCCCCCCCCCCCOc1ccc(C(=O)NCCCNCCCNC(=O)c2ccc(OCCCCCCCCCCCC)c(OCCCCCCCCCCCC)c2)cc1OCCCCCCCCCCCC. The zero-order valence-corrected chi connectivity index (χ0v) is 50.8. The molecule has 2 rings (SSSR count). The average Bonchev–Trinajstić information content (AvgIpc) is 3.44. The van der Waals surface area contributed by atoms with Gasteiger partial charge in [-0.15, -0.1) is 0 Å². The van der Waals surface area contributed by atoms with Crippen LogP contribution in [0.2, 0.25) is 0 Å². The predicted molar refractivity (Wildman–Crippen MR) is 329 cm³/mol. The number of carbonyl (C=O) groups excluding carboxylic acids is 2. The van der Waals surface area contributed by atoms with Gasteiger partial charge >= 0.3 is 0 Å². The van der Waals surface area contributed by atoms with Crippen LogP contribution in [0.4, 0.5) is 0 Å². The lowest BCUT2D eigenvalue weighted by molar-refractivity contribution is 0.0945. The molecule has 0 unspecified atom stereocenters. The van der Waals surface area contributed by atoms with E-state index >= 15 is 0 Å². The first-order valence-corrected chi connectivity index (χ1v) is 33.1. The maximum absolute atomic E-state index is 13.3. The molecule has 0 aliphatic heterocycles. The molecule has 0 saturated heterocycles. The van der Waals surface area contributed by atoms with Crippen LogP contribution in [-0.2, 0) is 0 Å². The molecule has 0 aliphatic rings. The van der Waals surface area contributed by atoms with Gasteiger partial charge in [0.2, 0.25) is 0 Å². The van der Waals surface area contributed by atoms with E-state index in [0.29, 0.717) is 62.1 Å². The number of hydrogen-bond donors (Lipinski definition) is 3. The van der Waals surface area contributed by atoms with E-state index < -0.39 is 0 Å². The molecule has 2 aromatic rings. The highest BCUT2D eigenvalue weighted by Gasteiger charge is 2.14. The maximum atomic E-state index is 13.3. The summed E-state index contributed by atoms with van der Waals surface area (Å²) < 4.78 is 25.2. The Labute approximate surface area is 474 Å². The largest absolute Gasteiger partial charge is 0.490 e. The molecule has 0 aliphatic carbocycles. The summed E-state index contributed by atoms with van der Waals surface area (Å²) in [6, 6.07) is 11.3. The zero-order chi connectivity index (χ0) is 55.2. The van der Waals surface area contributed by atoms with Gasteiger partial charge in [-0.25, -0.2) is 0 Å². The third kappa shape index (κ3) is 40.4. The molecular weight excluding hydrogens is 955 g/mol. The van der Waals surface area contributed by atoms with Gasteiger partial charge in [0.05, 0.1) is 26.4 Å². The third-order valence-corrected chi connectivity index (χ3v) is 15.1. The smallest absolute Gasteiger partial charge is 0.251 e. The van der Waals surface area contributed by atoms with E-state index in [1.807, 2.05) is 36.4 Å². The molecule has 0 saturated carbocycles. The molecule has 0 heterocycles. The maximum Gasteiger partial charge on any atom is 0.251 e. The Bertz CT molecular complexity index is 1520. The highest BCUT2D eigenvalue weighted by molar-refractivity contribution is 5.95. The van der Waals surface area contributed by atoms with Crippen molar-refractivity contribution in [1.82, 2.24) is 16.0 Å². The standard InChI is InChI=1S/C68H121N3O6/c1-5-9-13-17-21-25-29-33-37-41-55-74-63-49-47-61(59-65(63)76-57-43-39-35-31-27-23-19-15-11-7-3)67(72)70-53-45-51-69-52-46-54-71-68(73)62-48-50-64(75-56-42-38-34-30-26-22-18-14-10-6-2)66(60-62)77-58-44-40-36-32-28-24-20-16-12-8-4/h47-50,59-60,69H,5-46,51-58H2,1-4H3,(H,70,72)(H,71,73). The number of unbranched alkanes of at least 4 members (excludes halogenated alkanes) is 36. The second-order valence-electron chi connectivity index (χ2n) is 22.4. The number of carbonyl (C=O) groups is 2. The molecule has 2 aromatic carbocycles. The fourth-order valence-corrected chi connectivity index (χ4v) is 10.0. The van der Waals surface area contributed by atoms with Gasteiger partial charge in [-0.1, -0.05) is 259 Å². The molecule has 0 fully saturated rings. The molecule has 0 bridgehead atoms. The summed E-state index contributed by atoms with van der Waals surface area (Å²) >= 11 is 0. The number of benzene rings is 2. The first-order chi connectivity index (χ1) is 38.0. The summed E-state index contributed by atoms with van der Waals surface area (Å²) in [4.78, 5) is 26.6. The van der Waals surface area contributed by atoms with E-state index in [-0.39, 0.29) is 11.8 Å². The van der Waals surface area contributed by atoms with Gasteiger partial charge in [-0.2, -0.15) is 0 Å². The molecule has 3 N–H and O–H groups in total. The molecular formula is C68H121N3O6. The van der Waals surface area contributed by atoms with Gasteiger partial charge in [-0.05, 0) is 88.0 Å². The highest BCUT2D eigenvalue weighted by atomic mass is 16.5. The Kier molecular flexibility index (Phi) is 48.1. The number of amides is 2. The van der Waals surface area contributed by atoms with E-state index in [9.17, 15) is 9.59 Å². The molecule has 0 aromatic heterocycles. The first kappa shape index (κ1) is 69.6. The lowest BCUT2D eigenvalue weighted by Crippen LogP contribution is -2.29.